The monoisotopic (exact) mass is 447 g/mol. The largest absolute Gasteiger partial charge is 0.494 e. The highest BCUT2D eigenvalue weighted by Crippen LogP contribution is 2.33. The van der Waals surface area contributed by atoms with Crippen molar-refractivity contribution in [1.82, 2.24) is 9.80 Å². The number of amides is 2. The first-order valence-corrected chi connectivity index (χ1v) is 11.9. The number of carbonyl (C=O) groups is 2. The molecule has 0 spiro atoms. The topological polar surface area (TPSA) is 53.1 Å². The first-order valence-electron chi connectivity index (χ1n) is 11.9. The van der Waals surface area contributed by atoms with E-state index < -0.39 is 0 Å². The minimum absolute atomic E-state index is 0.165. The van der Waals surface area contributed by atoms with Crippen molar-refractivity contribution in [2.24, 2.45) is 0 Å². The number of aryl methyl sites for hydroxylation is 1. The molecule has 2 aromatic carbocycles. The number of hydrogen-bond acceptors (Lipinski definition) is 5. The second-order valence-corrected chi connectivity index (χ2v) is 8.61. The average molecular weight is 448 g/mol. The highest BCUT2D eigenvalue weighted by Gasteiger charge is 2.41. The summed E-state index contributed by atoms with van der Waals surface area (Å²) < 4.78 is 5.56. The van der Waals surface area contributed by atoms with E-state index in [9.17, 15) is 9.59 Å². The van der Waals surface area contributed by atoms with Crippen molar-refractivity contribution in [2.45, 2.75) is 33.6 Å². The molecule has 0 atom stereocenters. The summed E-state index contributed by atoms with van der Waals surface area (Å²) in [6, 6.07) is 16.0. The van der Waals surface area contributed by atoms with Gasteiger partial charge in [0.25, 0.3) is 11.8 Å². The lowest BCUT2D eigenvalue weighted by Gasteiger charge is -2.37. The molecule has 0 aliphatic carbocycles. The van der Waals surface area contributed by atoms with Crippen molar-refractivity contribution in [3.05, 3.63) is 65.4 Å². The minimum Gasteiger partial charge on any atom is -0.494 e. The SMILES string of the molecule is CCCCN1C(=O)C(c2ccc(OCC)cc2)=C(N2CCN(c3cccc(C)c3)CC2)C1=O. The number of imide groups is 1. The average Bonchev–Trinajstić information content (AvgIpc) is 3.08. The van der Waals surface area contributed by atoms with Gasteiger partial charge in [-0.3, -0.25) is 14.5 Å². The van der Waals surface area contributed by atoms with Gasteiger partial charge < -0.3 is 14.5 Å². The van der Waals surface area contributed by atoms with E-state index in [1.165, 1.54) is 16.2 Å². The summed E-state index contributed by atoms with van der Waals surface area (Å²) >= 11 is 0. The number of benzene rings is 2. The second-order valence-electron chi connectivity index (χ2n) is 8.61. The molecule has 33 heavy (non-hydrogen) atoms. The van der Waals surface area contributed by atoms with Crippen molar-refractivity contribution in [3.63, 3.8) is 0 Å². The molecule has 0 N–H and O–H groups in total. The number of nitrogens with zero attached hydrogens (tertiary/aromatic N) is 3. The predicted octanol–water partition coefficient (Wildman–Crippen LogP) is 4.10. The molecule has 174 valence electrons. The normalized spacial score (nSPS) is 16.8. The molecule has 0 radical (unpaired) electrons. The Labute approximate surface area is 196 Å². The third kappa shape index (κ3) is 4.75. The molecule has 0 saturated carbocycles. The number of carbonyl (C=O) groups excluding carboxylic acids is 2. The molecule has 0 unspecified atom stereocenters. The zero-order chi connectivity index (χ0) is 23.4. The maximum Gasteiger partial charge on any atom is 0.277 e. The highest BCUT2D eigenvalue weighted by atomic mass is 16.5. The Morgan fingerprint density at radius 2 is 1.58 bits per heavy atom. The molecule has 2 aliphatic heterocycles. The van der Waals surface area contributed by atoms with Crippen LogP contribution in [0.5, 0.6) is 5.75 Å². The van der Waals surface area contributed by atoms with Crippen molar-refractivity contribution in [2.75, 3.05) is 44.2 Å². The Hall–Kier alpha value is -3.28. The molecule has 4 rings (SSSR count). The molecule has 2 aliphatic rings. The first kappa shape index (κ1) is 22.9. The molecule has 1 saturated heterocycles. The van der Waals surface area contributed by atoms with Crippen molar-refractivity contribution in [3.8, 4) is 5.75 Å². The zero-order valence-electron chi connectivity index (χ0n) is 19.8. The van der Waals surface area contributed by atoms with Gasteiger partial charge in [0.05, 0.1) is 12.2 Å². The van der Waals surface area contributed by atoms with Crippen molar-refractivity contribution >= 4 is 23.1 Å². The van der Waals surface area contributed by atoms with Crippen LogP contribution in [0.3, 0.4) is 0 Å². The van der Waals surface area contributed by atoms with Crippen molar-refractivity contribution in [1.29, 1.82) is 0 Å². The highest BCUT2D eigenvalue weighted by molar-refractivity contribution is 6.35. The molecule has 1 fully saturated rings. The van der Waals surface area contributed by atoms with Gasteiger partial charge >= 0.3 is 0 Å². The van der Waals surface area contributed by atoms with Gasteiger partial charge in [-0.15, -0.1) is 0 Å². The maximum atomic E-state index is 13.4. The summed E-state index contributed by atoms with van der Waals surface area (Å²) in [7, 11) is 0. The number of rotatable bonds is 8. The minimum atomic E-state index is -0.186. The summed E-state index contributed by atoms with van der Waals surface area (Å²) in [6.45, 7) is 10.2. The fourth-order valence-electron chi connectivity index (χ4n) is 4.53. The fraction of sp³-hybridized carbons (Fsp3) is 0.407. The number of anilines is 1. The lowest BCUT2D eigenvalue weighted by molar-refractivity contribution is -0.137. The first-order chi connectivity index (χ1) is 16.0. The van der Waals surface area contributed by atoms with Gasteiger partial charge in [-0.1, -0.05) is 37.6 Å². The smallest absolute Gasteiger partial charge is 0.277 e. The van der Waals surface area contributed by atoms with Gasteiger partial charge in [0.15, 0.2) is 0 Å². The Balaban J connectivity index is 1.61. The Morgan fingerprint density at radius 1 is 0.879 bits per heavy atom. The summed E-state index contributed by atoms with van der Waals surface area (Å²) in [4.78, 5) is 32.7. The maximum absolute atomic E-state index is 13.4. The van der Waals surface area contributed by atoms with Crippen molar-refractivity contribution < 1.29 is 14.3 Å². The van der Waals surface area contributed by atoms with E-state index in [0.29, 0.717) is 37.5 Å². The Bertz CT molecular complexity index is 1040. The van der Waals surface area contributed by atoms with Crippen LogP contribution in [0, 0.1) is 6.92 Å². The van der Waals surface area contributed by atoms with E-state index in [-0.39, 0.29) is 11.8 Å². The van der Waals surface area contributed by atoms with E-state index >= 15 is 0 Å². The van der Waals surface area contributed by atoms with Gasteiger partial charge in [0, 0.05) is 38.4 Å². The predicted molar refractivity (Wildman–Crippen MR) is 131 cm³/mol. The quantitative estimate of drug-likeness (QED) is 0.571. The van der Waals surface area contributed by atoms with E-state index in [0.717, 1.165) is 37.2 Å². The number of piperazine rings is 1. The van der Waals surface area contributed by atoms with Gasteiger partial charge in [-0.2, -0.15) is 0 Å². The van der Waals surface area contributed by atoms with Gasteiger partial charge in [0.2, 0.25) is 0 Å². The summed E-state index contributed by atoms with van der Waals surface area (Å²) in [5, 5.41) is 0. The van der Waals surface area contributed by atoms with E-state index in [4.69, 9.17) is 4.74 Å². The molecular weight excluding hydrogens is 414 g/mol. The summed E-state index contributed by atoms with van der Waals surface area (Å²) in [5.41, 5.74) is 4.27. The standard InChI is InChI=1S/C27H33N3O3/c1-4-6-14-30-26(31)24(21-10-12-23(13-11-21)33-5-2)25(27(30)32)29-17-15-28(16-18-29)22-9-7-8-20(3)19-22/h7-13,19H,4-6,14-18H2,1-3H3. The van der Waals surface area contributed by atoms with Gasteiger partial charge in [-0.25, -0.2) is 0 Å². The van der Waals surface area contributed by atoms with Crippen LogP contribution in [0.1, 0.15) is 37.8 Å². The molecular formula is C27H33N3O3. The van der Waals surface area contributed by atoms with Crippen LogP contribution in [0.25, 0.3) is 5.57 Å². The molecule has 0 bridgehead atoms. The van der Waals surface area contributed by atoms with E-state index in [1.807, 2.05) is 31.2 Å². The Kier molecular flexibility index (Phi) is 7.02. The van der Waals surface area contributed by atoms with Crippen LogP contribution in [-0.4, -0.2) is 60.9 Å². The van der Waals surface area contributed by atoms with Crippen LogP contribution in [-0.2, 0) is 9.59 Å². The lowest BCUT2D eigenvalue weighted by Crippen LogP contribution is -2.47. The fourth-order valence-corrected chi connectivity index (χ4v) is 4.53. The van der Waals surface area contributed by atoms with Crippen LogP contribution < -0.4 is 9.64 Å². The molecule has 2 aromatic rings. The second kappa shape index (κ2) is 10.1. The number of ether oxygens (including phenoxy) is 1. The third-order valence-electron chi connectivity index (χ3n) is 6.30. The van der Waals surface area contributed by atoms with E-state index in [1.54, 1.807) is 0 Å². The molecule has 6 nitrogen and oxygen atoms in total. The molecule has 2 heterocycles. The van der Waals surface area contributed by atoms with Gasteiger partial charge in [-0.05, 0) is 55.7 Å². The van der Waals surface area contributed by atoms with Crippen LogP contribution in [0.15, 0.2) is 54.2 Å². The molecule has 0 aromatic heterocycles. The van der Waals surface area contributed by atoms with Crippen LogP contribution in [0.2, 0.25) is 0 Å². The van der Waals surface area contributed by atoms with Crippen LogP contribution in [0.4, 0.5) is 5.69 Å². The van der Waals surface area contributed by atoms with E-state index in [2.05, 4.69) is 47.9 Å². The van der Waals surface area contributed by atoms with Crippen LogP contribution >= 0.6 is 0 Å². The number of hydrogen-bond donors (Lipinski definition) is 0. The van der Waals surface area contributed by atoms with Gasteiger partial charge in [0.1, 0.15) is 11.4 Å². The third-order valence-corrected chi connectivity index (χ3v) is 6.30. The Morgan fingerprint density at radius 3 is 2.21 bits per heavy atom. The zero-order valence-corrected chi connectivity index (χ0v) is 19.8. The number of unbranched alkanes of at least 4 members (excludes halogenated alkanes) is 1. The summed E-state index contributed by atoms with van der Waals surface area (Å²) in [5.74, 6) is 0.407. The lowest BCUT2D eigenvalue weighted by atomic mass is 10.0. The molecule has 6 heteroatoms. The molecule has 2 amide bonds. The summed E-state index contributed by atoms with van der Waals surface area (Å²) in [6.07, 6.45) is 1.74.